The van der Waals surface area contributed by atoms with Crippen molar-refractivity contribution in [1.29, 1.82) is 0 Å². The molecule has 1 aromatic rings. The molecule has 0 heterocycles. The minimum atomic E-state index is -1.63. The summed E-state index contributed by atoms with van der Waals surface area (Å²) in [4.78, 5) is 12.0. The van der Waals surface area contributed by atoms with Crippen LogP contribution in [0.5, 0.6) is 0 Å². The van der Waals surface area contributed by atoms with Gasteiger partial charge in [-0.15, -0.1) is 0 Å². The van der Waals surface area contributed by atoms with Crippen molar-refractivity contribution in [3.8, 4) is 0 Å². The van der Waals surface area contributed by atoms with E-state index in [2.05, 4.69) is 43.9 Å². The Hall–Kier alpha value is -1.15. The van der Waals surface area contributed by atoms with E-state index in [0.717, 1.165) is 6.42 Å². The van der Waals surface area contributed by atoms with E-state index < -0.39 is 8.07 Å². The van der Waals surface area contributed by atoms with Crippen LogP contribution in [0.1, 0.15) is 18.9 Å². The van der Waals surface area contributed by atoms with Crippen molar-refractivity contribution < 1.29 is 4.79 Å². The van der Waals surface area contributed by atoms with Crippen LogP contribution >= 0.6 is 0 Å². The van der Waals surface area contributed by atoms with Gasteiger partial charge in [-0.25, -0.2) is 0 Å². The van der Waals surface area contributed by atoms with Crippen molar-refractivity contribution in [2.24, 2.45) is 5.92 Å². The Morgan fingerprint density at radius 2 is 1.82 bits per heavy atom. The van der Waals surface area contributed by atoms with Crippen LogP contribution in [-0.4, -0.2) is 13.5 Å². The standard InChI is InChI=1S/C15H22OSi/c1-13(15(16)17(2,3)4)9-8-12-14-10-6-5-7-11-14/h5-8,10-13H,9H2,1-4H3/b12-8+. The van der Waals surface area contributed by atoms with Gasteiger partial charge in [-0.3, -0.25) is 0 Å². The van der Waals surface area contributed by atoms with Gasteiger partial charge in [-0.1, -0.05) is 69.0 Å². The van der Waals surface area contributed by atoms with E-state index >= 15 is 0 Å². The van der Waals surface area contributed by atoms with Gasteiger partial charge >= 0.3 is 0 Å². The molecule has 1 aromatic carbocycles. The van der Waals surface area contributed by atoms with Crippen LogP contribution in [0.3, 0.4) is 0 Å². The first-order valence-corrected chi connectivity index (χ1v) is 9.67. The van der Waals surface area contributed by atoms with E-state index in [1.165, 1.54) is 5.56 Å². The van der Waals surface area contributed by atoms with Gasteiger partial charge in [0.05, 0.1) is 0 Å². The number of carbonyl (C=O) groups is 1. The molecular weight excluding hydrogens is 224 g/mol. The molecule has 0 spiro atoms. The topological polar surface area (TPSA) is 17.1 Å². The van der Waals surface area contributed by atoms with Crippen molar-refractivity contribution in [2.75, 3.05) is 0 Å². The van der Waals surface area contributed by atoms with Gasteiger partial charge in [0.1, 0.15) is 13.5 Å². The van der Waals surface area contributed by atoms with Gasteiger partial charge in [-0.05, 0) is 12.0 Å². The van der Waals surface area contributed by atoms with Crippen molar-refractivity contribution in [2.45, 2.75) is 33.0 Å². The van der Waals surface area contributed by atoms with Crippen LogP contribution in [0, 0.1) is 5.92 Å². The molecule has 1 unspecified atom stereocenters. The first-order chi connectivity index (χ1) is 7.91. The Kier molecular flexibility index (Phi) is 4.88. The molecule has 92 valence electrons. The van der Waals surface area contributed by atoms with E-state index in [0.29, 0.717) is 5.41 Å². The highest BCUT2D eigenvalue weighted by Gasteiger charge is 2.27. The van der Waals surface area contributed by atoms with E-state index in [-0.39, 0.29) is 5.92 Å². The van der Waals surface area contributed by atoms with Crippen LogP contribution in [0.4, 0.5) is 0 Å². The first-order valence-electron chi connectivity index (χ1n) is 6.17. The monoisotopic (exact) mass is 246 g/mol. The fraction of sp³-hybridized carbons (Fsp3) is 0.400. The second-order valence-corrected chi connectivity index (χ2v) is 10.6. The molecule has 0 aliphatic carbocycles. The summed E-state index contributed by atoms with van der Waals surface area (Å²) in [5.74, 6) is 0.154. The van der Waals surface area contributed by atoms with Crippen molar-refractivity contribution >= 4 is 19.6 Å². The third kappa shape index (κ3) is 4.69. The number of benzene rings is 1. The zero-order chi connectivity index (χ0) is 12.9. The van der Waals surface area contributed by atoms with Crippen molar-refractivity contribution in [3.63, 3.8) is 0 Å². The maximum Gasteiger partial charge on any atom is 0.124 e. The maximum atomic E-state index is 12.0. The van der Waals surface area contributed by atoms with E-state index in [1.54, 1.807) is 0 Å². The summed E-state index contributed by atoms with van der Waals surface area (Å²) in [5.41, 5.74) is 1.19. The minimum Gasteiger partial charge on any atom is -0.305 e. The van der Waals surface area contributed by atoms with Gasteiger partial charge in [0, 0.05) is 5.92 Å². The molecule has 0 bridgehead atoms. The average molecular weight is 246 g/mol. The molecule has 0 radical (unpaired) electrons. The molecular formula is C15H22OSi. The molecule has 0 saturated carbocycles. The third-order valence-electron chi connectivity index (χ3n) is 2.79. The van der Waals surface area contributed by atoms with Crippen LogP contribution in [0.15, 0.2) is 36.4 Å². The molecule has 0 saturated heterocycles. The number of rotatable bonds is 5. The Bertz CT molecular complexity index is 387. The lowest BCUT2D eigenvalue weighted by molar-refractivity contribution is -0.115. The van der Waals surface area contributed by atoms with Gasteiger partial charge in [-0.2, -0.15) is 0 Å². The van der Waals surface area contributed by atoms with Crippen molar-refractivity contribution in [3.05, 3.63) is 42.0 Å². The molecule has 1 rings (SSSR count). The van der Waals surface area contributed by atoms with E-state index in [9.17, 15) is 4.79 Å². The van der Waals surface area contributed by atoms with E-state index in [4.69, 9.17) is 0 Å². The normalized spacial score (nSPS) is 13.9. The highest BCUT2D eigenvalue weighted by molar-refractivity contribution is 7.03. The first kappa shape index (κ1) is 13.9. The van der Waals surface area contributed by atoms with Gasteiger partial charge in [0.2, 0.25) is 0 Å². The number of allylic oxidation sites excluding steroid dienone is 1. The lowest BCUT2D eigenvalue weighted by Crippen LogP contribution is -2.37. The van der Waals surface area contributed by atoms with Crippen LogP contribution in [0.25, 0.3) is 6.08 Å². The Morgan fingerprint density at radius 3 is 2.35 bits per heavy atom. The molecule has 0 aromatic heterocycles. The van der Waals surface area contributed by atoms with Crippen LogP contribution in [-0.2, 0) is 4.79 Å². The van der Waals surface area contributed by atoms with Gasteiger partial charge in [0.25, 0.3) is 0 Å². The lowest BCUT2D eigenvalue weighted by Gasteiger charge is -2.18. The van der Waals surface area contributed by atoms with Crippen LogP contribution in [0.2, 0.25) is 19.6 Å². The van der Waals surface area contributed by atoms with Crippen molar-refractivity contribution in [1.82, 2.24) is 0 Å². The maximum absolute atomic E-state index is 12.0. The number of carbonyl (C=O) groups excluding carboxylic acids is 1. The summed E-state index contributed by atoms with van der Waals surface area (Å²) >= 11 is 0. The Labute approximate surface area is 106 Å². The lowest BCUT2D eigenvalue weighted by atomic mass is 10.1. The highest BCUT2D eigenvalue weighted by atomic mass is 28.3. The summed E-state index contributed by atoms with van der Waals surface area (Å²) in [5, 5.41) is 0.468. The summed E-state index contributed by atoms with van der Waals surface area (Å²) in [6.45, 7) is 8.39. The quantitative estimate of drug-likeness (QED) is 0.713. The second kappa shape index (κ2) is 5.96. The van der Waals surface area contributed by atoms with Gasteiger partial charge < -0.3 is 4.79 Å². The molecule has 0 aliphatic rings. The number of hydrogen-bond donors (Lipinski definition) is 0. The summed E-state index contributed by atoms with van der Waals surface area (Å²) < 4.78 is 0. The summed E-state index contributed by atoms with van der Waals surface area (Å²) in [6.07, 6.45) is 5.05. The Morgan fingerprint density at radius 1 is 1.24 bits per heavy atom. The predicted molar refractivity (Wildman–Crippen MR) is 77.6 cm³/mol. The minimum absolute atomic E-state index is 0.154. The highest BCUT2D eigenvalue weighted by Crippen LogP contribution is 2.15. The molecule has 1 nitrogen and oxygen atoms in total. The molecule has 0 fully saturated rings. The van der Waals surface area contributed by atoms with E-state index in [1.807, 2.05) is 25.1 Å². The predicted octanol–water partition coefficient (Wildman–Crippen LogP) is 4.17. The molecule has 0 N–H and O–H groups in total. The average Bonchev–Trinajstić information content (AvgIpc) is 2.28. The molecule has 0 amide bonds. The second-order valence-electron chi connectivity index (χ2n) is 5.56. The molecule has 2 heteroatoms. The fourth-order valence-electron chi connectivity index (χ4n) is 1.82. The summed E-state index contributed by atoms with van der Waals surface area (Å²) in [6, 6.07) is 10.2. The Balaban J connectivity index is 2.52. The molecule has 17 heavy (non-hydrogen) atoms. The fourth-order valence-corrected chi connectivity index (χ4v) is 3.41. The third-order valence-corrected chi connectivity index (χ3v) is 4.76. The number of hydrogen-bond acceptors (Lipinski definition) is 1. The smallest absolute Gasteiger partial charge is 0.124 e. The zero-order valence-electron chi connectivity index (χ0n) is 11.2. The SMILES string of the molecule is CC(C/C=C/c1ccccc1)C(=O)[Si](C)(C)C. The summed E-state index contributed by atoms with van der Waals surface area (Å²) in [7, 11) is -1.63. The molecule has 1 atom stereocenters. The zero-order valence-corrected chi connectivity index (χ0v) is 12.2. The van der Waals surface area contributed by atoms with Gasteiger partial charge in [0.15, 0.2) is 0 Å². The molecule has 0 aliphatic heterocycles. The largest absolute Gasteiger partial charge is 0.305 e. The van der Waals surface area contributed by atoms with Crippen LogP contribution < -0.4 is 0 Å².